The molecule has 0 aromatic carbocycles. The minimum absolute atomic E-state index is 0.379. The smallest absolute Gasteiger partial charge is 0.312 e. The number of fused-ring (bicyclic) bond motifs is 3. The standard InChI is InChI=1S/C15H21N3O2S/c1-17-9-2-3-10(17)8-18(7-6-9)15-16-13-11(14(19)20)4-5-12(13)21-15/h9-11H,2-8H2,1H3,(H,19,20). The van der Waals surface area contributed by atoms with Crippen molar-refractivity contribution in [3.63, 3.8) is 0 Å². The number of aryl methyl sites for hydroxylation is 1. The molecule has 2 aliphatic heterocycles. The van der Waals surface area contributed by atoms with Gasteiger partial charge in [-0.1, -0.05) is 0 Å². The van der Waals surface area contributed by atoms with Crippen LogP contribution in [0.25, 0.3) is 0 Å². The first-order chi connectivity index (χ1) is 10.1. The van der Waals surface area contributed by atoms with Crippen molar-refractivity contribution >= 4 is 22.4 Å². The van der Waals surface area contributed by atoms with E-state index >= 15 is 0 Å². The molecule has 114 valence electrons. The van der Waals surface area contributed by atoms with Gasteiger partial charge in [0, 0.05) is 30.1 Å². The SMILES string of the molecule is CN1C2CCC1CN(c1nc3c(s1)CCC3C(=O)O)CC2. The molecule has 3 atom stereocenters. The number of hydrogen-bond donors (Lipinski definition) is 1. The Bertz CT molecular complexity index is 573. The van der Waals surface area contributed by atoms with Gasteiger partial charge in [0.05, 0.1) is 5.69 Å². The highest BCUT2D eigenvalue weighted by Crippen LogP contribution is 2.40. The molecule has 1 aromatic heterocycles. The molecule has 2 fully saturated rings. The monoisotopic (exact) mass is 307 g/mol. The van der Waals surface area contributed by atoms with Crippen LogP contribution in [0.3, 0.4) is 0 Å². The van der Waals surface area contributed by atoms with Gasteiger partial charge in [-0.15, -0.1) is 11.3 Å². The van der Waals surface area contributed by atoms with E-state index in [1.807, 2.05) is 0 Å². The molecule has 0 saturated carbocycles. The Kier molecular flexibility index (Phi) is 3.19. The number of carboxylic acids is 1. The van der Waals surface area contributed by atoms with E-state index in [1.54, 1.807) is 11.3 Å². The van der Waals surface area contributed by atoms with Gasteiger partial charge in [0.2, 0.25) is 0 Å². The topological polar surface area (TPSA) is 56.7 Å². The number of carboxylic acid groups (broad SMARTS) is 1. The lowest BCUT2D eigenvalue weighted by Crippen LogP contribution is -2.36. The van der Waals surface area contributed by atoms with E-state index in [0.29, 0.717) is 6.04 Å². The van der Waals surface area contributed by atoms with Gasteiger partial charge >= 0.3 is 5.97 Å². The molecule has 21 heavy (non-hydrogen) atoms. The molecule has 5 nitrogen and oxygen atoms in total. The molecule has 3 aliphatic rings. The van der Waals surface area contributed by atoms with Gasteiger partial charge in [-0.25, -0.2) is 4.98 Å². The van der Waals surface area contributed by atoms with Crippen molar-refractivity contribution in [1.29, 1.82) is 0 Å². The van der Waals surface area contributed by atoms with Crippen LogP contribution in [0.2, 0.25) is 0 Å². The summed E-state index contributed by atoms with van der Waals surface area (Å²) < 4.78 is 0. The highest BCUT2D eigenvalue weighted by atomic mass is 32.1. The number of carbonyl (C=O) groups is 1. The second-order valence-electron chi connectivity index (χ2n) is 6.52. The normalized spacial score (nSPS) is 32.2. The summed E-state index contributed by atoms with van der Waals surface area (Å²) in [5.74, 6) is -1.10. The summed E-state index contributed by atoms with van der Waals surface area (Å²) in [6.07, 6.45) is 5.39. The first-order valence-corrected chi connectivity index (χ1v) is 8.64. The van der Waals surface area contributed by atoms with Crippen molar-refractivity contribution in [1.82, 2.24) is 9.88 Å². The Morgan fingerprint density at radius 3 is 2.90 bits per heavy atom. The molecule has 6 heteroatoms. The fourth-order valence-electron chi connectivity index (χ4n) is 4.07. The van der Waals surface area contributed by atoms with Gasteiger partial charge in [-0.05, 0) is 39.2 Å². The van der Waals surface area contributed by atoms with Gasteiger partial charge in [0.15, 0.2) is 5.13 Å². The lowest BCUT2D eigenvalue weighted by Gasteiger charge is -2.25. The number of anilines is 1. The zero-order chi connectivity index (χ0) is 14.6. The summed E-state index contributed by atoms with van der Waals surface area (Å²) in [4.78, 5) is 22.1. The molecule has 3 unspecified atom stereocenters. The quantitative estimate of drug-likeness (QED) is 0.905. The number of rotatable bonds is 2. The summed E-state index contributed by atoms with van der Waals surface area (Å²) in [7, 11) is 2.24. The van der Waals surface area contributed by atoms with Crippen LogP contribution < -0.4 is 4.90 Å². The highest BCUT2D eigenvalue weighted by molar-refractivity contribution is 7.15. The molecule has 1 aliphatic carbocycles. The first-order valence-electron chi connectivity index (χ1n) is 7.83. The zero-order valence-electron chi connectivity index (χ0n) is 12.3. The minimum Gasteiger partial charge on any atom is -0.481 e. The maximum Gasteiger partial charge on any atom is 0.312 e. The fourth-order valence-corrected chi connectivity index (χ4v) is 5.24. The van der Waals surface area contributed by atoms with E-state index in [2.05, 4.69) is 16.8 Å². The number of nitrogens with zero attached hydrogens (tertiary/aromatic N) is 3. The van der Waals surface area contributed by atoms with Crippen molar-refractivity contribution in [2.75, 3.05) is 25.0 Å². The van der Waals surface area contributed by atoms with Crippen LogP contribution >= 0.6 is 11.3 Å². The maximum atomic E-state index is 11.3. The molecule has 2 bridgehead atoms. The van der Waals surface area contributed by atoms with E-state index in [9.17, 15) is 9.90 Å². The van der Waals surface area contributed by atoms with Gasteiger partial charge in [-0.3, -0.25) is 9.69 Å². The number of likely N-dealkylation sites (N-methyl/N-ethyl adjacent to an activating group) is 1. The Hall–Kier alpha value is -1.14. The summed E-state index contributed by atoms with van der Waals surface area (Å²) in [6, 6.07) is 1.35. The second-order valence-corrected chi connectivity index (χ2v) is 7.58. The van der Waals surface area contributed by atoms with Crippen molar-refractivity contribution in [3.05, 3.63) is 10.6 Å². The van der Waals surface area contributed by atoms with Crippen LogP contribution in [0.1, 0.15) is 42.2 Å². The van der Waals surface area contributed by atoms with Crippen molar-refractivity contribution in [2.24, 2.45) is 0 Å². The van der Waals surface area contributed by atoms with E-state index in [1.165, 1.54) is 24.1 Å². The van der Waals surface area contributed by atoms with Crippen LogP contribution in [0.15, 0.2) is 0 Å². The third-order valence-electron chi connectivity index (χ3n) is 5.42. The van der Waals surface area contributed by atoms with Crippen LogP contribution in [0.5, 0.6) is 0 Å². The van der Waals surface area contributed by atoms with Crippen molar-refractivity contribution in [2.45, 2.75) is 50.1 Å². The van der Waals surface area contributed by atoms with Gasteiger partial charge in [0.1, 0.15) is 5.92 Å². The second kappa shape index (κ2) is 4.95. The lowest BCUT2D eigenvalue weighted by molar-refractivity contribution is -0.138. The fraction of sp³-hybridized carbons (Fsp3) is 0.733. The Balaban J connectivity index is 1.58. The molecule has 1 aromatic rings. The predicted octanol–water partition coefficient (Wildman–Crippen LogP) is 1.93. The molecule has 2 saturated heterocycles. The summed E-state index contributed by atoms with van der Waals surface area (Å²) in [5, 5.41) is 10.3. The van der Waals surface area contributed by atoms with Crippen LogP contribution in [0, 0.1) is 0 Å². The van der Waals surface area contributed by atoms with Crippen LogP contribution in [-0.4, -0.2) is 53.2 Å². The Labute approximate surface area is 128 Å². The molecule has 0 spiro atoms. The van der Waals surface area contributed by atoms with Gasteiger partial charge in [-0.2, -0.15) is 0 Å². The largest absolute Gasteiger partial charge is 0.481 e. The molecular formula is C15H21N3O2S. The minimum atomic E-state index is -0.722. The number of aliphatic carboxylic acids is 1. The highest BCUT2D eigenvalue weighted by Gasteiger charge is 2.37. The first kappa shape index (κ1) is 13.5. The van der Waals surface area contributed by atoms with Gasteiger partial charge < -0.3 is 10.0 Å². The lowest BCUT2D eigenvalue weighted by atomic mass is 10.1. The van der Waals surface area contributed by atoms with E-state index in [-0.39, 0.29) is 5.92 Å². The van der Waals surface area contributed by atoms with Gasteiger partial charge in [0.25, 0.3) is 0 Å². The number of thiazole rings is 1. The van der Waals surface area contributed by atoms with Crippen LogP contribution in [-0.2, 0) is 11.2 Å². The molecule has 4 rings (SSSR count). The molecule has 0 amide bonds. The van der Waals surface area contributed by atoms with Crippen LogP contribution in [0.4, 0.5) is 5.13 Å². The third-order valence-corrected chi connectivity index (χ3v) is 6.62. The average molecular weight is 307 g/mol. The Morgan fingerprint density at radius 2 is 2.10 bits per heavy atom. The number of hydrogen-bond acceptors (Lipinski definition) is 5. The summed E-state index contributed by atoms with van der Waals surface area (Å²) in [6.45, 7) is 2.09. The van der Waals surface area contributed by atoms with E-state index in [0.717, 1.165) is 42.8 Å². The summed E-state index contributed by atoms with van der Waals surface area (Å²) >= 11 is 1.72. The van der Waals surface area contributed by atoms with Crippen molar-refractivity contribution in [3.8, 4) is 0 Å². The molecule has 1 N–H and O–H groups in total. The molecule has 3 heterocycles. The Morgan fingerprint density at radius 1 is 1.29 bits per heavy atom. The third kappa shape index (κ3) is 2.16. The molecular weight excluding hydrogens is 286 g/mol. The zero-order valence-corrected chi connectivity index (χ0v) is 13.1. The summed E-state index contributed by atoms with van der Waals surface area (Å²) in [5.41, 5.74) is 0.838. The molecule has 0 radical (unpaired) electrons. The number of aromatic nitrogens is 1. The maximum absolute atomic E-state index is 11.3. The predicted molar refractivity (Wildman–Crippen MR) is 82.2 cm³/mol. The van der Waals surface area contributed by atoms with E-state index in [4.69, 9.17) is 4.98 Å². The van der Waals surface area contributed by atoms with E-state index < -0.39 is 5.97 Å². The average Bonchev–Trinajstić information content (AvgIpc) is 3.03. The van der Waals surface area contributed by atoms with Crippen molar-refractivity contribution < 1.29 is 9.90 Å².